The second kappa shape index (κ2) is 4.49. The molecule has 1 heterocycles. The largest absolute Gasteiger partial charge is 0.473 e. The minimum absolute atomic E-state index is 0.193. The molecule has 0 aliphatic rings. The van der Waals surface area contributed by atoms with Crippen LogP contribution in [-0.2, 0) is 5.41 Å². The van der Waals surface area contributed by atoms with Crippen LogP contribution in [0.1, 0.15) is 26.3 Å². The summed E-state index contributed by atoms with van der Waals surface area (Å²) in [4.78, 5) is 4.39. The van der Waals surface area contributed by atoms with Gasteiger partial charge < -0.3 is 4.74 Å². The van der Waals surface area contributed by atoms with Gasteiger partial charge in [0, 0.05) is 10.9 Å². The van der Waals surface area contributed by atoms with Crippen LogP contribution in [0.15, 0.2) is 29.6 Å². The molecule has 2 rings (SSSR count). The van der Waals surface area contributed by atoms with E-state index in [1.54, 1.807) is 7.11 Å². The van der Waals surface area contributed by atoms with Gasteiger partial charge in [-0.15, -0.1) is 0 Å². The lowest BCUT2D eigenvalue weighted by atomic mass is 9.86. The van der Waals surface area contributed by atoms with Gasteiger partial charge in [0.25, 0.3) is 5.19 Å². The smallest absolute Gasteiger partial charge is 0.273 e. The number of thiazole rings is 1. The predicted molar refractivity (Wildman–Crippen MR) is 72.8 cm³/mol. The molecule has 1 aromatic heterocycles. The number of aromatic nitrogens is 1. The quantitative estimate of drug-likeness (QED) is 0.796. The van der Waals surface area contributed by atoms with Crippen molar-refractivity contribution in [1.82, 2.24) is 4.98 Å². The maximum Gasteiger partial charge on any atom is 0.273 e. The molecule has 90 valence electrons. The number of hydrogen-bond acceptors (Lipinski definition) is 3. The van der Waals surface area contributed by atoms with E-state index in [0.29, 0.717) is 5.19 Å². The van der Waals surface area contributed by atoms with E-state index < -0.39 is 0 Å². The summed E-state index contributed by atoms with van der Waals surface area (Å²) < 4.78 is 5.10. The number of hydrogen-bond donors (Lipinski definition) is 0. The standard InChI is InChI=1S/C14H17NOS/c1-14(2,3)11-7-5-10(6-8-11)12-9-17-13(15-12)16-4/h5-9H,1-4H3. The Morgan fingerprint density at radius 1 is 1.12 bits per heavy atom. The number of benzene rings is 1. The predicted octanol–water partition coefficient (Wildman–Crippen LogP) is 4.12. The van der Waals surface area contributed by atoms with E-state index in [4.69, 9.17) is 4.74 Å². The van der Waals surface area contributed by atoms with E-state index in [0.717, 1.165) is 11.3 Å². The minimum Gasteiger partial charge on any atom is -0.473 e. The van der Waals surface area contributed by atoms with Gasteiger partial charge in [-0.2, -0.15) is 0 Å². The molecule has 17 heavy (non-hydrogen) atoms. The maximum absolute atomic E-state index is 5.10. The molecule has 2 nitrogen and oxygen atoms in total. The Hall–Kier alpha value is -1.35. The first kappa shape index (κ1) is 12.1. The van der Waals surface area contributed by atoms with Crippen molar-refractivity contribution in [3.63, 3.8) is 0 Å². The third-order valence-corrected chi connectivity index (χ3v) is 3.51. The van der Waals surface area contributed by atoms with Crippen LogP contribution in [0.3, 0.4) is 0 Å². The van der Waals surface area contributed by atoms with Crippen LogP contribution in [0, 0.1) is 0 Å². The summed E-state index contributed by atoms with van der Waals surface area (Å²) in [5, 5.41) is 2.73. The van der Waals surface area contributed by atoms with Crippen molar-refractivity contribution in [3.05, 3.63) is 35.2 Å². The van der Waals surface area contributed by atoms with Gasteiger partial charge in [-0.25, -0.2) is 4.98 Å². The van der Waals surface area contributed by atoms with Crippen LogP contribution in [0.4, 0.5) is 0 Å². The number of ether oxygens (including phenoxy) is 1. The van der Waals surface area contributed by atoms with Gasteiger partial charge in [-0.05, 0) is 11.0 Å². The average Bonchev–Trinajstić information content (AvgIpc) is 2.76. The lowest BCUT2D eigenvalue weighted by molar-refractivity contribution is 0.412. The Bertz CT molecular complexity index is 494. The van der Waals surface area contributed by atoms with Gasteiger partial charge in [0.15, 0.2) is 0 Å². The van der Waals surface area contributed by atoms with Crippen LogP contribution in [0.25, 0.3) is 11.3 Å². The minimum atomic E-state index is 0.193. The second-order valence-electron chi connectivity index (χ2n) is 5.03. The lowest BCUT2D eigenvalue weighted by Crippen LogP contribution is -2.10. The van der Waals surface area contributed by atoms with Gasteiger partial charge in [0.2, 0.25) is 0 Å². The molecule has 0 atom stereocenters. The van der Waals surface area contributed by atoms with Crippen LogP contribution < -0.4 is 4.74 Å². The molecule has 0 saturated heterocycles. The average molecular weight is 247 g/mol. The zero-order chi connectivity index (χ0) is 12.5. The topological polar surface area (TPSA) is 22.1 Å². The molecule has 0 aliphatic carbocycles. The maximum atomic E-state index is 5.10. The first-order valence-electron chi connectivity index (χ1n) is 5.61. The summed E-state index contributed by atoms with van der Waals surface area (Å²) >= 11 is 1.52. The van der Waals surface area contributed by atoms with E-state index in [1.165, 1.54) is 16.9 Å². The molecule has 0 amide bonds. The zero-order valence-electron chi connectivity index (χ0n) is 10.7. The lowest BCUT2D eigenvalue weighted by Gasteiger charge is -2.18. The summed E-state index contributed by atoms with van der Waals surface area (Å²) in [6.45, 7) is 6.65. The molecule has 3 heteroatoms. The molecule has 0 N–H and O–H groups in total. The molecule has 1 aromatic carbocycles. The number of rotatable bonds is 2. The van der Waals surface area contributed by atoms with Crippen molar-refractivity contribution in [3.8, 4) is 16.5 Å². The summed E-state index contributed by atoms with van der Waals surface area (Å²) in [5.74, 6) is 0. The van der Waals surface area contributed by atoms with E-state index in [2.05, 4.69) is 50.0 Å². The first-order chi connectivity index (χ1) is 8.00. The number of methoxy groups -OCH3 is 1. The molecule has 0 unspecified atom stereocenters. The Kier molecular flexibility index (Phi) is 3.20. The fourth-order valence-electron chi connectivity index (χ4n) is 1.62. The fraction of sp³-hybridized carbons (Fsp3) is 0.357. The molecular formula is C14H17NOS. The summed E-state index contributed by atoms with van der Waals surface area (Å²) in [6.07, 6.45) is 0. The molecule has 0 radical (unpaired) electrons. The molecule has 0 aliphatic heterocycles. The normalized spacial score (nSPS) is 11.5. The number of nitrogens with zero attached hydrogens (tertiary/aromatic N) is 1. The third-order valence-electron chi connectivity index (χ3n) is 2.70. The van der Waals surface area contributed by atoms with Crippen LogP contribution >= 0.6 is 11.3 Å². The van der Waals surface area contributed by atoms with E-state index >= 15 is 0 Å². The van der Waals surface area contributed by atoms with Crippen LogP contribution in [-0.4, -0.2) is 12.1 Å². The highest BCUT2D eigenvalue weighted by Crippen LogP contribution is 2.28. The van der Waals surface area contributed by atoms with Gasteiger partial charge in [0.05, 0.1) is 12.8 Å². The molecule has 0 bridgehead atoms. The first-order valence-corrected chi connectivity index (χ1v) is 6.49. The Morgan fingerprint density at radius 2 is 1.76 bits per heavy atom. The molecule has 0 saturated carbocycles. The zero-order valence-corrected chi connectivity index (χ0v) is 11.5. The molecular weight excluding hydrogens is 230 g/mol. The highest BCUT2D eigenvalue weighted by Gasteiger charge is 2.13. The van der Waals surface area contributed by atoms with Crippen molar-refractivity contribution in [2.75, 3.05) is 7.11 Å². The Labute approximate surface area is 106 Å². The van der Waals surface area contributed by atoms with Gasteiger partial charge in [-0.1, -0.05) is 56.4 Å². The summed E-state index contributed by atoms with van der Waals surface area (Å²) in [5.41, 5.74) is 3.64. The SMILES string of the molecule is COc1nc(-c2ccc(C(C)(C)C)cc2)cs1. The Morgan fingerprint density at radius 3 is 2.24 bits per heavy atom. The van der Waals surface area contributed by atoms with Gasteiger partial charge in [0.1, 0.15) is 0 Å². The van der Waals surface area contributed by atoms with Crippen LogP contribution in [0.2, 0.25) is 0 Å². The fourth-order valence-corrected chi connectivity index (χ4v) is 2.27. The Balaban J connectivity index is 2.29. The van der Waals surface area contributed by atoms with Crippen molar-refractivity contribution < 1.29 is 4.74 Å². The van der Waals surface area contributed by atoms with Crippen molar-refractivity contribution in [1.29, 1.82) is 0 Å². The van der Waals surface area contributed by atoms with Crippen molar-refractivity contribution in [2.45, 2.75) is 26.2 Å². The van der Waals surface area contributed by atoms with E-state index in [1.807, 2.05) is 5.38 Å². The molecule has 0 fully saturated rings. The van der Waals surface area contributed by atoms with Crippen molar-refractivity contribution >= 4 is 11.3 Å². The van der Waals surface area contributed by atoms with Crippen LogP contribution in [0.5, 0.6) is 5.19 Å². The van der Waals surface area contributed by atoms with Gasteiger partial charge >= 0.3 is 0 Å². The van der Waals surface area contributed by atoms with E-state index in [-0.39, 0.29) is 5.41 Å². The monoisotopic (exact) mass is 247 g/mol. The summed E-state index contributed by atoms with van der Waals surface area (Å²) in [6, 6.07) is 8.58. The third kappa shape index (κ3) is 2.67. The second-order valence-corrected chi connectivity index (χ2v) is 5.85. The highest BCUT2D eigenvalue weighted by molar-refractivity contribution is 7.11. The molecule has 2 aromatic rings. The molecule has 0 spiro atoms. The summed E-state index contributed by atoms with van der Waals surface area (Å²) in [7, 11) is 1.64. The van der Waals surface area contributed by atoms with Gasteiger partial charge in [-0.3, -0.25) is 0 Å². The van der Waals surface area contributed by atoms with E-state index in [9.17, 15) is 0 Å². The van der Waals surface area contributed by atoms with Crippen molar-refractivity contribution in [2.24, 2.45) is 0 Å². The highest BCUT2D eigenvalue weighted by atomic mass is 32.1.